The first kappa shape index (κ1) is 16.5. The molecule has 0 saturated heterocycles. The maximum absolute atomic E-state index is 12.3. The van der Waals surface area contributed by atoms with E-state index in [9.17, 15) is 4.79 Å². The Labute approximate surface area is 122 Å². The lowest BCUT2D eigenvalue weighted by Crippen LogP contribution is -2.33. The summed E-state index contributed by atoms with van der Waals surface area (Å²) in [5.41, 5.74) is 1.51. The normalized spacial score (nSPS) is 10.3. The molecule has 0 spiro atoms. The van der Waals surface area contributed by atoms with Gasteiger partial charge in [0.2, 0.25) is 0 Å². The van der Waals surface area contributed by atoms with Crippen molar-refractivity contribution in [2.45, 2.75) is 46.5 Å². The van der Waals surface area contributed by atoms with Crippen molar-refractivity contribution in [2.75, 3.05) is 25.0 Å². The van der Waals surface area contributed by atoms with Crippen molar-refractivity contribution in [1.82, 2.24) is 9.88 Å². The van der Waals surface area contributed by atoms with Gasteiger partial charge in [-0.2, -0.15) is 0 Å². The molecule has 1 N–H and O–H groups in total. The zero-order valence-corrected chi connectivity index (χ0v) is 13.0. The average molecular weight is 277 g/mol. The summed E-state index contributed by atoms with van der Waals surface area (Å²) in [6.45, 7) is 8.88. The largest absolute Gasteiger partial charge is 0.384 e. The molecule has 0 saturated carbocycles. The lowest BCUT2D eigenvalue weighted by atomic mass is 10.2. The van der Waals surface area contributed by atoms with Crippen LogP contribution in [0.25, 0.3) is 0 Å². The number of anilines is 1. The second-order valence-corrected chi connectivity index (χ2v) is 5.00. The zero-order chi connectivity index (χ0) is 14.8. The fourth-order valence-corrected chi connectivity index (χ4v) is 2.05. The molecule has 20 heavy (non-hydrogen) atoms. The first-order valence-electron chi connectivity index (χ1n) is 7.72. The molecule has 0 radical (unpaired) electrons. The first-order valence-corrected chi connectivity index (χ1v) is 7.72. The Morgan fingerprint density at radius 3 is 2.35 bits per heavy atom. The summed E-state index contributed by atoms with van der Waals surface area (Å²) in [6, 6.07) is 3.75. The van der Waals surface area contributed by atoms with Gasteiger partial charge in [0.05, 0.1) is 11.9 Å². The highest BCUT2D eigenvalue weighted by molar-refractivity contribution is 5.92. The van der Waals surface area contributed by atoms with E-state index in [0.717, 1.165) is 44.6 Å². The Morgan fingerprint density at radius 1 is 1.15 bits per heavy atom. The van der Waals surface area contributed by atoms with Crippen molar-refractivity contribution in [1.29, 1.82) is 0 Å². The third-order valence-electron chi connectivity index (χ3n) is 3.12. The van der Waals surface area contributed by atoms with Crippen LogP contribution in [-0.4, -0.2) is 35.4 Å². The van der Waals surface area contributed by atoms with Gasteiger partial charge < -0.3 is 10.2 Å². The lowest BCUT2D eigenvalue weighted by molar-refractivity contribution is 0.0749. The standard InChI is InChI=1S/C16H27N3O/c1-4-7-10-17-14-8-9-15(18-13-14)16(20)19(11-5-2)12-6-3/h8-9,13,17H,4-7,10-12H2,1-3H3. The highest BCUT2D eigenvalue weighted by atomic mass is 16.2. The highest BCUT2D eigenvalue weighted by Crippen LogP contribution is 2.09. The van der Waals surface area contributed by atoms with Crippen molar-refractivity contribution in [3.63, 3.8) is 0 Å². The summed E-state index contributed by atoms with van der Waals surface area (Å²) >= 11 is 0. The predicted molar refractivity (Wildman–Crippen MR) is 84.1 cm³/mol. The molecule has 1 aromatic rings. The van der Waals surface area contributed by atoms with E-state index in [2.05, 4.69) is 31.1 Å². The van der Waals surface area contributed by atoms with Crippen LogP contribution in [0.15, 0.2) is 18.3 Å². The van der Waals surface area contributed by atoms with Crippen LogP contribution in [-0.2, 0) is 0 Å². The minimum Gasteiger partial charge on any atom is -0.384 e. The maximum Gasteiger partial charge on any atom is 0.272 e. The van der Waals surface area contributed by atoms with E-state index in [1.165, 1.54) is 6.42 Å². The zero-order valence-electron chi connectivity index (χ0n) is 13.0. The summed E-state index contributed by atoms with van der Waals surface area (Å²) < 4.78 is 0. The van der Waals surface area contributed by atoms with E-state index in [4.69, 9.17) is 0 Å². The molecule has 0 aliphatic heterocycles. The molecule has 0 aliphatic rings. The minimum atomic E-state index is 0.0359. The van der Waals surface area contributed by atoms with Crippen LogP contribution < -0.4 is 5.32 Å². The van der Waals surface area contributed by atoms with E-state index in [1.807, 2.05) is 17.0 Å². The van der Waals surface area contributed by atoms with Crippen molar-refractivity contribution in [3.05, 3.63) is 24.0 Å². The van der Waals surface area contributed by atoms with Gasteiger partial charge in [-0.05, 0) is 31.4 Å². The number of carbonyl (C=O) groups is 1. The molecular formula is C16H27N3O. The number of amides is 1. The summed E-state index contributed by atoms with van der Waals surface area (Å²) in [6.07, 6.45) is 6.01. The number of rotatable bonds is 9. The van der Waals surface area contributed by atoms with Gasteiger partial charge in [0.1, 0.15) is 5.69 Å². The molecule has 0 fully saturated rings. The first-order chi connectivity index (χ1) is 9.72. The molecule has 1 amide bonds. The minimum absolute atomic E-state index is 0.0359. The Balaban J connectivity index is 2.63. The number of hydrogen-bond acceptors (Lipinski definition) is 3. The number of aromatic nitrogens is 1. The molecule has 1 aromatic heterocycles. The second kappa shape index (κ2) is 9.34. The third-order valence-corrected chi connectivity index (χ3v) is 3.12. The highest BCUT2D eigenvalue weighted by Gasteiger charge is 2.15. The number of hydrogen-bond donors (Lipinski definition) is 1. The smallest absolute Gasteiger partial charge is 0.272 e. The maximum atomic E-state index is 12.3. The number of unbranched alkanes of at least 4 members (excludes halogenated alkanes) is 1. The number of pyridine rings is 1. The Bertz CT molecular complexity index is 383. The van der Waals surface area contributed by atoms with Gasteiger partial charge in [0, 0.05) is 19.6 Å². The van der Waals surface area contributed by atoms with Crippen LogP contribution >= 0.6 is 0 Å². The van der Waals surface area contributed by atoms with Gasteiger partial charge in [-0.3, -0.25) is 4.79 Å². The number of nitrogens with one attached hydrogen (secondary N) is 1. The molecule has 4 heteroatoms. The van der Waals surface area contributed by atoms with Crippen LogP contribution in [0.5, 0.6) is 0 Å². The summed E-state index contributed by atoms with van der Waals surface area (Å²) in [5, 5.41) is 3.30. The van der Waals surface area contributed by atoms with E-state index in [-0.39, 0.29) is 5.91 Å². The Morgan fingerprint density at radius 2 is 1.85 bits per heavy atom. The van der Waals surface area contributed by atoms with Crippen molar-refractivity contribution in [2.24, 2.45) is 0 Å². The molecule has 0 aliphatic carbocycles. The van der Waals surface area contributed by atoms with Crippen molar-refractivity contribution >= 4 is 11.6 Å². The molecular weight excluding hydrogens is 250 g/mol. The topological polar surface area (TPSA) is 45.2 Å². The second-order valence-electron chi connectivity index (χ2n) is 5.00. The van der Waals surface area contributed by atoms with Gasteiger partial charge >= 0.3 is 0 Å². The van der Waals surface area contributed by atoms with Crippen LogP contribution in [0, 0.1) is 0 Å². The Kier molecular flexibility index (Phi) is 7.70. The molecule has 0 aromatic carbocycles. The molecule has 1 heterocycles. The predicted octanol–water partition coefficient (Wildman–Crippen LogP) is 3.56. The van der Waals surface area contributed by atoms with E-state index < -0.39 is 0 Å². The third kappa shape index (κ3) is 5.19. The van der Waals surface area contributed by atoms with Crippen LogP contribution in [0.2, 0.25) is 0 Å². The van der Waals surface area contributed by atoms with Gasteiger partial charge in [0.15, 0.2) is 0 Å². The number of carbonyl (C=O) groups excluding carboxylic acids is 1. The number of nitrogens with zero attached hydrogens (tertiary/aromatic N) is 2. The Hall–Kier alpha value is -1.58. The van der Waals surface area contributed by atoms with Crippen molar-refractivity contribution < 1.29 is 4.79 Å². The molecule has 1 rings (SSSR count). The van der Waals surface area contributed by atoms with Gasteiger partial charge in [0.25, 0.3) is 5.91 Å². The van der Waals surface area contributed by atoms with Crippen LogP contribution in [0.4, 0.5) is 5.69 Å². The monoisotopic (exact) mass is 277 g/mol. The molecule has 0 atom stereocenters. The fourth-order valence-electron chi connectivity index (χ4n) is 2.05. The van der Waals surface area contributed by atoms with Crippen molar-refractivity contribution in [3.8, 4) is 0 Å². The molecule has 112 valence electrons. The summed E-state index contributed by atoms with van der Waals surface area (Å²) in [7, 11) is 0. The van der Waals surface area contributed by atoms with E-state index in [1.54, 1.807) is 6.20 Å². The van der Waals surface area contributed by atoms with Gasteiger partial charge in [-0.1, -0.05) is 27.2 Å². The fraction of sp³-hybridized carbons (Fsp3) is 0.625. The van der Waals surface area contributed by atoms with Gasteiger partial charge in [-0.25, -0.2) is 4.98 Å². The SMILES string of the molecule is CCCCNc1ccc(C(=O)N(CCC)CCC)nc1. The summed E-state index contributed by atoms with van der Waals surface area (Å²) in [5.74, 6) is 0.0359. The lowest BCUT2D eigenvalue weighted by Gasteiger charge is -2.21. The molecule has 0 unspecified atom stereocenters. The quantitative estimate of drug-likeness (QED) is 0.702. The van der Waals surface area contributed by atoms with E-state index in [0.29, 0.717) is 5.69 Å². The molecule has 4 nitrogen and oxygen atoms in total. The van der Waals surface area contributed by atoms with Crippen LogP contribution in [0.3, 0.4) is 0 Å². The average Bonchev–Trinajstić information content (AvgIpc) is 2.47. The van der Waals surface area contributed by atoms with E-state index >= 15 is 0 Å². The summed E-state index contributed by atoms with van der Waals surface area (Å²) in [4.78, 5) is 18.5. The van der Waals surface area contributed by atoms with Crippen LogP contribution in [0.1, 0.15) is 56.9 Å². The molecule has 0 bridgehead atoms. The van der Waals surface area contributed by atoms with Gasteiger partial charge in [-0.15, -0.1) is 0 Å².